The summed E-state index contributed by atoms with van der Waals surface area (Å²) in [6, 6.07) is 8.88. The fourth-order valence-electron chi connectivity index (χ4n) is 1.79. The van der Waals surface area contributed by atoms with Gasteiger partial charge in [-0.1, -0.05) is 17.3 Å². The van der Waals surface area contributed by atoms with Crippen LogP contribution in [-0.2, 0) is 0 Å². The lowest BCUT2D eigenvalue weighted by atomic mass is 10.1. The van der Waals surface area contributed by atoms with Crippen LogP contribution in [0.25, 0.3) is 0 Å². The fraction of sp³-hybridized carbons (Fsp3) is 0.417. The van der Waals surface area contributed by atoms with Crippen LogP contribution in [0.1, 0.15) is 37.3 Å². The molecule has 1 heterocycles. The third kappa shape index (κ3) is 3.08. The van der Waals surface area contributed by atoms with E-state index in [1.807, 2.05) is 6.92 Å². The van der Waals surface area contributed by atoms with E-state index in [1.54, 1.807) is 11.8 Å². The molecule has 1 aromatic carbocycles. The number of tetrazole rings is 1. The average Bonchev–Trinajstić information content (AvgIpc) is 2.92. The molecule has 0 bridgehead atoms. The molecule has 2 N–H and O–H groups in total. The average molecular weight is 263 g/mol. The summed E-state index contributed by atoms with van der Waals surface area (Å²) < 4.78 is 0. The van der Waals surface area contributed by atoms with Crippen molar-refractivity contribution in [1.29, 1.82) is 0 Å². The van der Waals surface area contributed by atoms with Gasteiger partial charge in [0.25, 0.3) is 0 Å². The number of H-pyrrole nitrogens is 1. The molecule has 0 saturated carbocycles. The highest BCUT2D eigenvalue weighted by Crippen LogP contribution is 2.20. The lowest BCUT2D eigenvalue weighted by molar-refractivity contribution is 0.476. The Bertz CT molecular complexity index is 468. The van der Waals surface area contributed by atoms with Crippen LogP contribution in [0.3, 0.4) is 0 Å². The molecule has 18 heavy (non-hydrogen) atoms. The minimum atomic E-state index is 0.0685. The van der Waals surface area contributed by atoms with Gasteiger partial charge in [0.2, 0.25) is 0 Å². The standard InChI is InChI=1S/C12H17N5S/c1-8(10-4-6-11(18-3)7-5-10)13-9(2)12-14-16-17-15-12/h4-9,13H,1-3H3,(H,14,15,16,17). The molecule has 0 saturated heterocycles. The Hall–Kier alpha value is -1.40. The first kappa shape index (κ1) is 13.0. The van der Waals surface area contributed by atoms with Crippen molar-refractivity contribution in [2.75, 3.05) is 6.26 Å². The van der Waals surface area contributed by atoms with Crippen molar-refractivity contribution in [2.45, 2.75) is 30.8 Å². The van der Waals surface area contributed by atoms with Crippen molar-refractivity contribution in [1.82, 2.24) is 25.9 Å². The SMILES string of the molecule is CSc1ccc(C(C)NC(C)c2nn[nH]n2)cc1. The second kappa shape index (κ2) is 5.97. The second-order valence-corrected chi connectivity index (χ2v) is 5.03. The predicted molar refractivity (Wildman–Crippen MR) is 72.4 cm³/mol. The van der Waals surface area contributed by atoms with Crippen molar-refractivity contribution in [2.24, 2.45) is 0 Å². The molecule has 0 radical (unpaired) electrons. The zero-order chi connectivity index (χ0) is 13.0. The van der Waals surface area contributed by atoms with Gasteiger partial charge >= 0.3 is 0 Å². The van der Waals surface area contributed by atoms with Crippen LogP contribution >= 0.6 is 11.8 Å². The van der Waals surface area contributed by atoms with Crippen LogP contribution in [0.4, 0.5) is 0 Å². The number of hydrogen-bond acceptors (Lipinski definition) is 5. The van der Waals surface area contributed by atoms with Crippen LogP contribution in [0.15, 0.2) is 29.2 Å². The molecular weight excluding hydrogens is 246 g/mol. The maximum absolute atomic E-state index is 3.98. The van der Waals surface area contributed by atoms with E-state index in [0.717, 1.165) is 0 Å². The largest absolute Gasteiger partial charge is 0.301 e. The van der Waals surface area contributed by atoms with Gasteiger partial charge in [0.1, 0.15) is 0 Å². The summed E-state index contributed by atoms with van der Waals surface area (Å²) in [7, 11) is 0. The lowest BCUT2D eigenvalue weighted by Gasteiger charge is -2.18. The molecule has 0 aliphatic carbocycles. The maximum atomic E-state index is 3.98. The molecule has 1 aromatic heterocycles. The van der Waals surface area contributed by atoms with Gasteiger partial charge in [-0.2, -0.15) is 5.21 Å². The fourth-order valence-corrected chi connectivity index (χ4v) is 2.20. The van der Waals surface area contributed by atoms with Crippen LogP contribution in [0.2, 0.25) is 0 Å². The highest BCUT2D eigenvalue weighted by molar-refractivity contribution is 7.98. The van der Waals surface area contributed by atoms with Gasteiger partial charge in [0.05, 0.1) is 6.04 Å². The first-order chi connectivity index (χ1) is 8.70. The van der Waals surface area contributed by atoms with Crippen molar-refractivity contribution >= 4 is 11.8 Å². The Morgan fingerprint density at radius 2 is 1.89 bits per heavy atom. The van der Waals surface area contributed by atoms with E-state index in [9.17, 15) is 0 Å². The first-order valence-corrected chi connectivity index (χ1v) is 7.06. The molecule has 2 atom stereocenters. The van der Waals surface area contributed by atoms with E-state index < -0.39 is 0 Å². The minimum Gasteiger partial charge on any atom is -0.301 e. The van der Waals surface area contributed by atoms with Crippen LogP contribution in [-0.4, -0.2) is 26.9 Å². The topological polar surface area (TPSA) is 66.5 Å². The lowest BCUT2D eigenvalue weighted by Crippen LogP contribution is -2.23. The minimum absolute atomic E-state index is 0.0685. The molecule has 5 nitrogen and oxygen atoms in total. The van der Waals surface area contributed by atoms with Crippen molar-refractivity contribution < 1.29 is 0 Å². The summed E-state index contributed by atoms with van der Waals surface area (Å²) in [5.74, 6) is 0.683. The van der Waals surface area contributed by atoms with E-state index >= 15 is 0 Å². The van der Waals surface area contributed by atoms with Crippen LogP contribution in [0.5, 0.6) is 0 Å². The molecule has 96 valence electrons. The smallest absolute Gasteiger partial charge is 0.191 e. The number of benzene rings is 1. The molecule has 2 rings (SSSR count). The zero-order valence-electron chi connectivity index (χ0n) is 10.7. The number of rotatable bonds is 5. The Balaban J connectivity index is 2.00. The van der Waals surface area contributed by atoms with Gasteiger partial charge in [-0.25, -0.2) is 0 Å². The van der Waals surface area contributed by atoms with Crippen LogP contribution in [0, 0.1) is 0 Å². The van der Waals surface area contributed by atoms with Gasteiger partial charge in [-0.05, 0) is 37.8 Å². The molecule has 2 unspecified atom stereocenters. The summed E-state index contributed by atoms with van der Waals surface area (Å²) in [5.41, 5.74) is 1.25. The second-order valence-electron chi connectivity index (χ2n) is 4.15. The number of nitrogens with zero attached hydrogens (tertiary/aromatic N) is 3. The molecule has 0 aliphatic rings. The number of thioether (sulfide) groups is 1. The van der Waals surface area contributed by atoms with Gasteiger partial charge < -0.3 is 5.32 Å². The van der Waals surface area contributed by atoms with Crippen LogP contribution < -0.4 is 5.32 Å². The van der Waals surface area contributed by atoms with E-state index in [1.165, 1.54) is 10.5 Å². The number of aromatic nitrogens is 4. The Morgan fingerprint density at radius 3 is 2.44 bits per heavy atom. The van der Waals surface area contributed by atoms with E-state index in [4.69, 9.17) is 0 Å². The molecule has 6 heteroatoms. The number of aromatic amines is 1. The van der Waals surface area contributed by atoms with Gasteiger partial charge in [-0.15, -0.1) is 22.0 Å². The summed E-state index contributed by atoms with van der Waals surface area (Å²) in [5, 5.41) is 17.4. The summed E-state index contributed by atoms with van der Waals surface area (Å²) in [6.07, 6.45) is 2.08. The molecule has 0 aliphatic heterocycles. The zero-order valence-corrected chi connectivity index (χ0v) is 11.5. The Morgan fingerprint density at radius 1 is 1.17 bits per heavy atom. The summed E-state index contributed by atoms with van der Waals surface area (Å²) in [6.45, 7) is 4.16. The van der Waals surface area contributed by atoms with Crippen molar-refractivity contribution in [3.8, 4) is 0 Å². The monoisotopic (exact) mass is 263 g/mol. The summed E-state index contributed by atoms with van der Waals surface area (Å²) in [4.78, 5) is 1.28. The maximum Gasteiger partial charge on any atom is 0.191 e. The van der Waals surface area contributed by atoms with E-state index in [-0.39, 0.29) is 12.1 Å². The van der Waals surface area contributed by atoms with Crippen molar-refractivity contribution in [3.05, 3.63) is 35.7 Å². The number of nitrogens with one attached hydrogen (secondary N) is 2. The Labute approximate surface area is 111 Å². The van der Waals surface area contributed by atoms with Crippen molar-refractivity contribution in [3.63, 3.8) is 0 Å². The van der Waals surface area contributed by atoms with Gasteiger partial charge in [0, 0.05) is 10.9 Å². The molecule has 2 aromatic rings. The molecular formula is C12H17N5S. The third-order valence-corrected chi connectivity index (χ3v) is 3.61. The quantitative estimate of drug-likeness (QED) is 0.810. The molecule has 0 spiro atoms. The van der Waals surface area contributed by atoms with Gasteiger partial charge in [-0.3, -0.25) is 0 Å². The highest BCUT2D eigenvalue weighted by Gasteiger charge is 2.14. The van der Waals surface area contributed by atoms with E-state index in [2.05, 4.69) is 63.4 Å². The molecule has 0 amide bonds. The highest BCUT2D eigenvalue weighted by atomic mass is 32.2. The predicted octanol–water partition coefficient (Wildman–Crippen LogP) is 2.33. The summed E-state index contributed by atoms with van der Waals surface area (Å²) >= 11 is 1.75. The number of hydrogen-bond donors (Lipinski definition) is 2. The molecule has 0 fully saturated rings. The first-order valence-electron chi connectivity index (χ1n) is 5.84. The Kier molecular flexibility index (Phi) is 4.33. The van der Waals surface area contributed by atoms with E-state index in [0.29, 0.717) is 5.82 Å². The third-order valence-electron chi connectivity index (χ3n) is 2.86. The normalized spacial score (nSPS) is 14.4. The van der Waals surface area contributed by atoms with Gasteiger partial charge in [0.15, 0.2) is 5.82 Å².